The second kappa shape index (κ2) is 14.3. The van der Waals surface area contributed by atoms with Crippen LogP contribution in [0.25, 0.3) is 21.6 Å². The van der Waals surface area contributed by atoms with Crippen LogP contribution in [-0.4, -0.2) is 91.3 Å². The Morgan fingerprint density at radius 2 is 1.96 bits per heavy atom. The third-order valence-electron chi connectivity index (χ3n) is 9.85. The van der Waals surface area contributed by atoms with Gasteiger partial charge < -0.3 is 20.3 Å². The lowest BCUT2D eigenvalue weighted by molar-refractivity contribution is -0.131. The number of pyridine rings is 1. The van der Waals surface area contributed by atoms with E-state index in [0.29, 0.717) is 23.5 Å². The Balaban J connectivity index is 1.37. The van der Waals surface area contributed by atoms with Crippen molar-refractivity contribution in [3.63, 3.8) is 0 Å². The third kappa shape index (κ3) is 7.21. The van der Waals surface area contributed by atoms with Gasteiger partial charge in [-0.2, -0.15) is 12.7 Å². The van der Waals surface area contributed by atoms with Crippen molar-refractivity contribution in [2.45, 2.75) is 75.8 Å². The van der Waals surface area contributed by atoms with Crippen LogP contribution < -0.4 is 20.1 Å². The summed E-state index contributed by atoms with van der Waals surface area (Å²) in [7, 11) is 0.144. The number of methoxy groups -OCH3 is 1. The standard InChI is InChI=1S/C35H45N7O6S2/c1-21(2)29-20-49-32(38-29)28-17-26(25-13-12-24(48-5)16-27(25)37-28)22-15-30-31(43)39-35(33(44)40-50(46,47)41(3)4)18-23(35)11-9-7-6-8-10-14-36-34(45)42(30)19-22/h9,11-13,16-17,20-23,30H,6-8,10,14-15,18-19H2,1-5H3,(H,36,45)(H,39,43)(H,40,44). The van der Waals surface area contributed by atoms with Crippen LogP contribution in [0.15, 0.2) is 41.8 Å². The Kier molecular flexibility index (Phi) is 10.2. The molecule has 2 aliphatic heterocycles. The maximum absolute atomic E-state index is 14.3. The van der Waals surface area contributed by atoms with Crippen LogP contribution in [0.4, 0.5) is 4.79 Å². The average Bonchev–Trinajstić information content (AvgIpc) is 3.40. The van der Waals surface area contributed by atoms with Crippen molar-refractivity contribution < 1.29 is 27.5 Å². The van der Waals surface area contributed by atoms with E-state index in [-0.39, 0.29) is 43.2 Å². The van der Waals surface area contributed by atoms with Gasteiger partial charge in [0.2, 0.25) is 5.91 Å². The number of carbonyl (C=O) groups is 3. The number of nitrogens with one attached hydrogen (secondary N) is 3. The smallest absolute Gasteiger partial charge is 0.318 e. The number of aromatic nitrogens is 2. The zero-order valence-corrected chi connectivity index (χ0v) is 30.7. The summed E-state index contributed by atoms with van der Waals surface area (Å²) in [5.74, 6) is -1.04. The Bertz CT molecular complexity index is 1930. The monoisotopic (exact) mass is 723 g/mol. The van der Waals surface area contributed by atoms with E-state index >= 15 is 0 Å². The molecule has 1 aliphatic carbocycles. The van der Waals surface area contributed by atoms with Gasteiger partial charge in [0, 0.05) is 55.9 Å². The first kappa shape index (κ1) is 35.7. The van der Waals surface area contributed by atoms with Gasteiger partial charge >= 0.3 is 16.2 Å². The maximum atomic E-state index is 14.3. The fourth-order valence-electron chi connectivity index (χ4n) is 6.72. The number of hydrogen-bond donors (Lipinski definition) is 3. The van der Waals surface area contributed by atoms with Crippen molar-refractivity contribution in [3.8, 4) is 16.5 Å². The van der Waals surface area contributed by atoms with Crippen molar-refractivity contribution in [1.29, 1.82) is 0 Å². The van der Waals surface area contributed by atoms with Gasteiger partial charge in [-0.1, -0.05) is 32.4 Å². The van der Waals surface area contributed by atoms with E-state index in [1.807, 2.05) is 41.8 Å². The van der Waals surface area contributed by atoms with Gasteiger partial charge in [0.15, 0.2) is 0 Å². The van der Waals surface area contributed by atoms with Gasteiger partial charge in [-0.15, -0.1) is 11.3 Å². The van der Waals surface area contributed by atoms with Gasteiger partial charge in [0.05, 0.1) is 24.0 Å². The Morgan fingerprint density at radius 1 is 1.16 bits per heavy atom. The quantitative estimate of drug-likeness (QED) is 0.304. The highest BCUT2D eigenvalue weighted by Gasteiger charge is 2.61. The Morgan fingerprint density at radius 3 is 2.68 bits per heavy atom. The molecule has 1 saturated heterocycles. The van der Waals surface area contributed by atoms with Crippen molar-refractivity contribution in [1.82, 2.24) is 34.5 Å². The molecule has 0 bridgehead atoms. The number of ether oxygens (including phenoxy) is 1. The van der Waals surface area contributed by atoms with E-state index < -0.39 is 33.6 Å². The first-order valence-corrected chi connectivity index (χ1v) is 19.4. The number of allylic oxidation sites excluding steroid dienone is 1. The number of nitrogens with zero attached hydrogens (tertiary/aromatic N) is 4. The van der Waals surface area contributed by atoms with Gasteiger partial charge in [-0.05, 0) is 61.8 Å². The number of urea groups is 1. The van der Waals surface area contributed by atoms with Crippen LogP contribution in [0, 0.1) is 5.92 Å². The largest absolute Gasteiger partial charge is 0.497 e. The Hall–Kier alpha value is -4.08. The summed E-state index contributed by atoms with van der Waals surface area (Å²) in [4.78, 5) is 53.0. The number of fused-ring (bicyclic) bond motifs is 3. The molecule has 50 heavy (non-hydrogen) atoms. The molecule has 0 spiro atoms. The first-order valence-electron chi connectivity index (χ1n) is 17.0. The van der Waals surface area contributed by atoms with Crippen LogP contribution in [0.2, 0.25) is 0 Å². The molecular formula is C35H45N7O6S2. The molecule has 0 radical (unpaired) electrons. The predicted octanol–water partition coefficient (Wildman–Crippen LogP) is 4.29. The zero-order valence-electron chi connectivity index (χ0n) is 29.1. The van der Waals surface area contributed by atoms with Gasteiger partial charge in [-0.25, -0.2) is 19.5 Å². The molecule has 1 saturated carbocycles. The predicted molar refractivity (Wildman–Crippen MR) is 192 cm³/mol. The van der Waals surface area contributed by atoms with E-state index in [2.05, 4.69) is 29.2 Å². The molecule has 3 N–H and O–H groups in total. The van der Waals surface area contributed by atoms with Gasteiger partial charge in [-0.3, -0.25) is 9.59 Å². The number of carbonyl (C=O) groups excluding carboxylic acids is 3. The lowest BCUT2D eigenvalue weighted by Crippen LogP contribution is -2.58. The Labute approximate surface area is 297 Å². The number of thiazole rings is 1. The minimum atomic E-state index is -4.10. The molecule has 2 fully saturated rings. The second-order valence-corrected chi connectivity index (χ2v) is 16.6. The zero-order chi connectivity index (χ0) is 35.8. The molecule has 4 unspecified atom stereocenters. The fraction of sp³-hybridized carbons (Fsp3) is 0.514. The van der Waals surface area contributed by atoms with Crippen LogP contribution >= 0.6 is 11.3 Å². The highest BCUT2D eigenvalue weighted by atomic mass is 32.2. The molecule has 4 amide bonds. The summed E-state index contributed by atoms with van der Waals surface area (Å²) in [6, 6.07) is 6.42. The van der Waals surface area contributed by atoms with Gasteiger partial charge in [0.25, 0.3) is 5.91 Å². The van der Waals surface area contributed by atoms with E-state index in [9.17, 15) is 22.8 Å². The molecular weight excluding hydrogens is 679 g/mol. The van der Waals surface area contributed by atoms with Crippen molar-refractivity contribution in [3.05, 3.63) is 53.1 Å². The van der Waals surface area contributed by atoms with Crippen LogP contribution in [0.3, 0.4) is 0 Å². The molecule has 4 atom stereocenters. The molecule has 13 nitrogen and oxygen atoms in total. The molecule has 3 aliphatic rings. The highest BCUT2D eigenvalue weighted by Crippen LogP contribution is 2.46. The molecule has 268 valence electrons. The topological polar surface area (TPSA) is 163 Å². The van der Waals surface area contributed by atoms with E-state index in [4.69, 9.17) is 14.7 Å². The van der Waals surface area contributed by atoms with Crippen molar-refractivity contribution in [2.75, 3.05) is 34.3 Å². The molecule has 6 rings (SSSR count). The first-order chi connectivity index (χ1) is 23.8. The molecule has 1 aromatic carbocycles. The molecule has 4 heterocycles. The van der Waals surface area contributed by atoms with E-state index in [1.54, 1.807) is 12.0 Å². The number of rotatable bonds is 7. The number of benzene rings is 1. The summed E-state index contributed by atoms with van der Waals surface area (Å²) < 4.78 is 33.9. The van der Waals surface area contributed by atoms with Crippen molar-refractivity contribution in [2.24, 2.45) is 5.92 Å². The highest BCUT2D eigenvalue weighted by molar-refractivity contribution is 7.87. The third-order valence-corrected chi connectivity index (χ3v) is 12.1. The lowest BCUT2D eigenvalue weighted by Gasteiger charge is -2.27. The van der Waals surface area contributed by atoms with Gasteiger partial charge in [0.1, 0.15) is 22.3 Å². The molecule has 2 aromatic heterocycles. The fourth-order valence-corrected chi connectivity index (χ4v) is 8.26. The van der Waals surface area contributed by atoms with Crippen LogP contribution in [0.1, 0.15) is 75.5 Å². The van der Waals surface area contributed by atoms with E-state index in [1.165, 1.54) is 25.4 Å². The van der Waals surface area contributed by atoms with Crippen molar-refractivity contribution >= 4 is 50.3 Å². The average molecular weight is 724 g/mol. The lowest BCUT2D eigenvalue weighted by atomic mass is 9.92. The maximum Gasteiger partial charge on any atom is 0.318 e. The van der Waals surface area contributed by atoms with Crippen LogP contribution in [-0.2, 0) is 19.8 Å². The minimum Gasteiger partial charge on any atom is -0.497 e. The summed E-state index contributed by atoms with van der Waals surface area (Å²) in [5.41, 5.74) is 1.85. The second-order valence-electron chi connectivity index (χ2n) is 13.8. The summed E-state index contributed by atoms with van der Waals surface area (Å²) in [6.45, 7) is 4.90. The number of amides is 4. The summed E-state index contributed by atoms with van der Waals surface area (Å²) in [5, 5.41) is 9.61. The molecule has 15 heteroatoms. The van der Waals surface area contributed by atoms with Crippen LogP contribution in [0.5, 0.6) is 5.75 Å². The summed E-state index contributed by atoms with van der Waals surface area (Å²) >= 11 is 1.52. The summed E-state index contributed by atoms with van der Waals surface area (Å²) in [6.07, 6.45) is 7.77. The number of hydrogen-bond acceptors (Lipinski definition) is 9. The SMILES string of the molecule is COc1ccc2c(C3CC4C(=O)NC5(C(=O)NS(=O)(=O)N(C)C)CC5C=CCCCCCNC(=O)N4C3)cc(-c3nc(C(C)C)cs3)nc2c1. The normalized spacial score (nSPS) is 24.6. The molecule has 3 aromatic rings. The minimum absolute atomic E-state index is 0.249. The van der Waals surface area contributed by atoms with E-state index in [0.717, 1.165) is 51.6 Å².